The Morgan fingerprint density at radius 3 is 2.48 bits per heavy atom. The zero-order chi connectivity index (χ0) is 16.5. The van der Waals surface area contributed by atoms with Gasteiger partial charge in [-0.05, 0) is 43.0 Å². The van der Waals surface area contributed by atoms with Gasteiger partial charge in [-0.1, -0.05) is 0 Å². The summed E-state index contributed by atoms with van der Waals surface area (Å²) in [6, 6.07) is 9.07. The molecule has 0 fully saturated rings. The molecule has 0 bridgehead atoms. The Morgan fingerprint density at radius 1 is 1.00 bits per heavy atom. The van der Waals surface area contributed by atoms with Gasteiger partial charge in [-0.25, -0.2) is 0 Å². The van der Waals surface area contributed by atoms with Crippen LogP contribution in [-0.4, -0.2) is 47.9 Å². The number of nitrogens with zero attached hydrogens (tertiary/aromatic N) is 1. The predicted octanol–water partition coefficient (Wildman–Crippen LogP) is 3.47. The quantitative estimate of drug-likeness (QED) is 0.523. The van der Waals surface area contributed by atoms with Gasteiger partial charge < -0.3 is 14.6 Å². The third-order valence-electron chi connectivity index (χ3n) is 3.64. The lowest BCUT2D eigenvalue weighted by Gasteiger charge is -2.19. The molecule has 6 heteroatoms. The number of H-pyrrole nitrogens is 1. The Hall–Kier alpha value is -1.23. The van der Waals surface area contributed by atoms with Crippen molar-refractivity contribution in [2.45, 2.75) is 12.8 Å². The number of aromatic nitrogens is 1. The number of halogens is 2. The third-order valence-corrected chi connectivity index (χ3v) is 3.97. The maximum Gasteiger partial charge on any atom is 0.248 e. The Morgan fingerprint density at radius 2 is 1.74 bits per heavy atom. The van der Waals surface area contributed by atoms with Crippen LogP contribution in [0.3, 0.4) is 0 Å². The fourth-order valence-electron chi connectivity index (χ4n) is 2.42. The highest BCUT2D eigenvalue weighted by atomic mass is 35.5. The number of ether oxygens (including phenoxy) is 1. The first kappa shape index (κ1) is 18.1. The lowest BCUT2D eigenvalue weighted by atomic mass is 10.2. The van der Waals surface area contributed by atoms with Crippen LogP contribution in [0.25, 0.3) is 10.9 Å². The molecule has 4 nitrogen and oxygen atoms in total. The van der Waals surface area contributed by atoms with Gasteiger partial charge in [-0.3, -0.25) is 4.79 Å². The molecule has 1 heterocycles. The van der Waals surface area contributed by atoms with Crippen molar-refractivity contribution in [3.63, 3.8) is 0 Å². The van der Waals surface area contributed by atoms with Gasteiger partial charge in [-0.2, -0.15) is 0 Å². The second-order valence-corrected chi connectivity index (χ2v) is 6.10. The van der Waals surface area contributed by atoms with E-state index in [9.17, 15) is 4.79 Å². The molecule has 23 heavy (non-hydrogen) atoms. The summed E-state index contributed by atoms with van der Waals surface area (Å²) >= 11 is 11.6. The molecular formula is C17H22Cl2N2O2. The van der Waals surface area contributed by atoms with Crippen molar-refractivity contribution in [3.8, 4) is 5.75 Å². The van der Waals surface area contributed by atoms with Gasteiger partial charge in [0.1, 0.15) is 5.75 Å². The summed E-state index contributed by atoms with van der Waals surface area (Å²) in [5.41, 5.74) is 0.693. The number of unbranched alkanes of at least 4 members (excludes halogenated alkanes) is 1. The van der Waals surface area contributed by atoms with Gasteiger partial charge in [0.25, 0.3) is 0 Å². The van der Waals surface area contributed by atoms with Crippen molar-refractivity contribution in [2.75, 3.05) is 38.0 Å². The molecule has 2 rings (SSSR count). The number of rotatable bonds is 10. The van der Waals surface area contributed by atoms with E-state index in [2.05, 4.69) is 9.88 Å². The minimum atomic E-state index is -0.103. The zero-order valence-corrected chi connectivity index (χ0v) is 14.6. The van der Waals surface area contributed by atoms with E-state index in [1.807, 2.05) is 18.2 Å². The molecule has 0 aliphatic carbocycles. The molecule has 0 aliphatic heterocycles. The number of pyridine rings is 1. The topological polar surface area (TPSA) is 45.3 Å². The fourth-order valence-corrected chi connectivity index (χ4v) is 2.90. The van der Waals surface area contributed by atoms with Crippen molar-refractivity contribution < 1.29 is 4.74 Å². The van der Waals surface area contributed by atoms with Gasteiger partial charge in [-0.15, -0.1) is 23.2 Å². The Kier molecular flexibility index (Phi) is 7.72. The van der Waals surface area contributed by atoms with Crippen LogP contribution < -0.4 is 10.3 Å². The molecule has 126 valence electrons. The average molecular weight is 357 g/mol. The molecule has 0 saturated heterocycles. The van der Waals surface area contributed by atoms with Crippen molar-refractivity contribution in [1.82, 2.24) is 9.88 Å². The van der Waals surface area contributed by atoms with Crippen molar-refractivity contribution in [1.29, 1.82) is 0 Å². The summed E-state index contributed by atoms with van der Waals surface area (Å²) in [7, 11) is 0. The van der Waals surface area contributed by atoms with E-state index in [0.717, 1.165) is 49.1 Å². The van der Waals surface area contributed by atoms with Crippen LogP contribution in [0.4, 0.5) is 0 Å². The maximum absolute atomic E-state index is 11.3. The van der Waals surface area contributed by atoms with E-state index in [4.69, 9.17) is 27.9 Å². The molecule has 0 radical (unpaired) electrons. The van der Waals surface area contributed by atoms with E-state index < -0.39 is 0 Å². The molecule has 0 saturated carbocycles. The number of alkyl halides is 2. The average Bonchev–Trinajstić information content (AvgIpc) is 2.54. The molecule has 1 N–H and O–H groups in total. The van der Waals surface area contributed by atoms with Crippen LogP contribution in [-0.2, 0) is 0 Å². The molecule has 0 amide bonds. The first-order valence-electron chi connectivity index (χ1n) is 7.83. The minimum absolute atomic E-state index is 0.103. The van der Waals surface area contributed by atoms with Gasteiger partial charge in [0.05, 0.1) is 12.1 Å². The van der Waals surface area contributed by atoms with Crippen molar-refractivity contribution >= 4 is 34.1 Å². The SMILES string of the molecule is O=c1ccc2ccc(OCCCCN(CCCl)CCCl)cc2[nH]1. The molecule has 0 atom stereocenters. The smallest absolute Gasteiger partial charge is 0.248 e. The summed E-state index contributed by atoms with van der Waals surface area (Å²) in [6.07, 6.45) is 2.00. The van der Waals surface area contributed by atoms with Gasteiger partial charge in [0.2, 0.25) is 5.56 Å². The molecule has 0 spiro atoms. The predicted molar refractivity (Wildman–Crippen MR) is 97.2 cm³/mol. The summed E-state index contributed by atoms with van der Waals surface area (Å²) in [4.78, 5) is 16.4. The lowest BCUT2D eigenvalue weighted by Crippen LogP contribution is -2.29. The van der Waals surface area contributed by atoms with E-state index in [0.29, 0.717) is 18.4 Å². The Balaban J connectivity index is 1.76. The number of nitrogens with one attached hydrogen (secondary N) is 1. The second-order valence-electron chi connectivity index (χ2n) is 5.35. The van der Waals surface area contributed by atoms with Crippen LogP contribution in [0.2, 0.25) is 0 Å². The van der Waals surface area contributed by atoms with Gasteiger partial charge >= 0.3 is 0 Å². The summed E-state index contributed by atoms with van der Waals surface area (Å²) in [5, 5.41) is 0.995. The highest BCUT2D eigenvalue weighted by molar-refractivity contribution is 6.18. The highest BCUT2D eigenvalue weighted by Crippen LogP contribution is 2.18. The number of hydrogen-bond acceptors (Lipinski definition) is 3. The van der Waals surface area contributed by atoms with E-state index in [-0.39, 0.29) is 5.56 Å². The largest absolute Gasteiger partial charge is 0.494 e. The standard InChI is InChI=1S/C17H22Cl2N2O2/c18-7-10-21(11-8-19)9-1-2-12-23-15-5-3-14-4-6-17(22)20-16(14)13-15/h3-6,13H,1-2,7-12H2,(H,20,22). The minimum Gasteiger partial charge on any atom is -0.494 e. The van der Waals surface area contributed by atoms with Crippen LogP contribution in [0.1, 0.15) is 12.8 Å². The molecule has 0 unspecified atom stereocenters. The monoisotopic (exact) mass is 356 g/mol. The van der Waals surface area contributed by atoms with Crippen LogP contribution in [0.5, 0.6) is 5.75 Å². The first-order chi connectivity index (χ1) is 11.2. The Labute approximate surface area is 146 Å². The number of fused-ring (bicyclic) bond motifs is 1. The first-order valence-corrected chi connectivity index (χ1v) is 8.90. The van der Waals surface area contributed by atoms with Crippen LogP contribution >= 0.6 is 23.2 Å². The number of benzene rings is 1. The third kappa shape index (κ3) is 6.05. The van der Waals surface area contributed by atoms with Crippen LogP contribution in [0, 0.1) is 0 Å². The summed E-state index contributed by atoms with van der Waals surface area (Å²) in [5.74, 6) is 2.03. The van der Waals surface area contributed by atoms with Crippen molar-refractivity contribution in [3.05, 3.63) is 40.7 Å². The van der Waals surface area contributed by atoms with E-state index in [1.54, 1.807) is 6.07 Å². The normalized spacial score (nSPS) is 11.3. The van der Waals surface area contributed by atoms with Crippen LogP contribution in [0.15, 0.2) is 35.1 Å². The van der Waals surface area contributed by atoms with Gasteiger partial charge in [0.15, 0.2) is 0 Å². The maximum atomic E-state index is 11.3. The second kappa shape index (κ2) is 9.81. The molecule has 1 aromatic heterocycles. The number of aromatic amines is 1. The van der Waals surface area contributed by atoms with E-state index >= 15 is 0 Å². The highest BCUT2D eigenvalue weighted by Gasteiger charge is 2.03. The molecule has 0 aliphatic rings. The molecule has 2 aromatic rings. The summed E-state index contributed by atoms with van der Waals surface area (Å²) < 4.78 is 5.76. The Bertz CT molecular complexity index is 654. The fraction of sp³-hybridized carbons (Fsp3) is 0.471. The van der Waals surface area contributed by atoms with E-state index in [1.165, 1.54) is 6.07 Å². The molecular weight excluding hydrogens is 335 g/mol. The van der Waals surface area contributed by atoms with Crippen molar-refractivity contribution in [2.24, 2.45) is 0 Å². The number of hydrogen-bond donors (Lipinski definition) is 1. The zero-order valence-electron chi connectivity index (χ0n) is 13.1. The molecule has 1 aromatic carbocycles. The van der Waals surface area contributed by atoms with Gasteiger partial charge in [0, 0.05) is 37.0 Å². The lowest BCUT2D eigenvalue weighted by molar-refractivity contribution is 0.268. The summed E-state index contributed by atoms with van der Waals surface area (Å²) in [6.45, 7) is 3.37.